The van der Waals surface area contributed by atoms with Crippen LogP contribution in [0.2, 0.25) is 0 Å². The van der Waals surface area contributed by atoms with Crippen LogP contribution in [0.1, 0.15) is 39.0 Å². The first-order chi connectivity index (χ1) is 9.25. The molecule has 1 aliphatic rings. The van der Waals surface area contributed by atoms with E-state index >= 15 is 0 Å². The fourth-order valence-electron chi connectivity index (χ4n) is 2.72. The van der Waals surface area contributed by atoms with Crippen LogP contribution in [0.15, 0.2) is 24.4 Å². The average Bonchev–Trinajstić information content (AvgIpc) is 2.47. The number of pyridine rings is 1. The van der Waals surface area contributed by atoms with Crippen molar-refractivity contribution in [2.45, 2.75) is 39.0 Å². The number of nitrogens with one attached hydrogen (secondary N) is 2. The van der Waals surface area contributed by atoms with Gasteiger partial charge in [-0.15, -0.1) is 0 Å². The summed E-state index contributed by atoms with van der Waals surface area (Å²) in [6.07, 6.45) is 8.72. The van der Waals surface area contributed by atoms with Crippen LogP contribution in [-0.4, -0.2) is 16.6 Å². The predicted molar refractivity (Wildman–Crippen MR) is 84.2 cm³/mol. The van der Waals surface area contributed by atoms with Gasteiger partial charge >= 0.3 is 0 Å². The predicted octanol–water partition coefficient (Wildman–Crippen LogP) is 3.58. The summed E-state index contributed by atoms with van der Waals surface area (Å²) in [5.74, 6) is 2.34. The molecule has 0 aromatic carbocycles. The van der Waals surface area contributed by atoms with E-state index in [2.05, 4.69) is 22.5 Å². The first-order valence-corrected chi connectivity index (χ1v) is 7.62. The Labute approximate surface area is 121 Å². The first-order valence-electron chi connectivity index (χ1n) is 7.21. The van der Waals surface area contributed by atoms with Crippen molar-refractivity contribution < 1.29 is 0 Å². The van der Waals surface area contributed by atoms with Gasteiger partial charge in [-0.3, -0.25) is 0 Å². The zero-order valence-corrected chi connectivity index (χ0v) is 12.4. The molecule has 4 heteroatoms. The summed E-state index contributed by atoms with van der Waals surface area (Å²) in [4.78, 5) is 4.20. The lowest BCUT2D eigenvalue weighted by Crippen LogP contribution is -2.35. The highest BCUT2D eigenvalue weighted by molar-refractivity contribution is 7.80. The number of aromatic nitrogens is 1. The summed E-state index contributed by atoms with van der Waals surface area (Å²) in [7, 11) is 0. The van der Waals surface area contributed by atoms with Crippen LogP contribution >= 0.6 is 12.2 Å². The zero-order valence-electron chi connectivity index (χ0n) is 11.6. The van der Waals surface area contributed by atoms with Crippen molar-refractivity contribution in [1.82, 2.24) is 10.3 Å². The molecule has 104 valence electrons. The second-order valence-corrected chi connectivity index (χ2v) is 5.83. The lowest BCUT2D eigenvalue weighted by molar-refractivity contribution is 0.264. The molecule has 1 saturated carbocycles. The van der Waals surface area contributed by atoms with E-state index in [4.69, 9.17) is 12.2 Å². The second-order valence-electron chi connectivity index (χ2n) is 5.43. The summed E-state index contributed by atoms with van der Waals surface area (Å²) in [6.45, 7) is 3.27. The lowest BCUT2D eigenvalue weighted by atomic mass is 9.81. The summed E-state index contributed by atoms with van der Waals surface area (Å²) in [5, 5.41) is 7.09. The molecular formula is C15H23N3S. The molecule has 0 amide bonds. The topological polar surface area (TPSA) is 37.0 Å². The maximum Gasteiger partial charge on any atom is 0.171 e. The van der Waals surface area contributed by atoms with E-state index in [1.165, 1.54) is 32.1 Å². The Morgan fingerprint density at radius 2 is 2.16 bits per heavy atom. The van der Waals surface area contributed by atoms with Gasteiger partial charge in [0.1, 0.15) is 5.82 Å². The van der Waals surface area contributed by atoms with E-state index in [-0.39, 0.29) is 0 Å². The van der Waals surface area contributed by atoms with Gasteiger partial charge in [0.25, 0.3) is 0 Å². The van der Waals surface area contributed by atoms with Crippen molar-refractivity contribution in [3.63, 3.8) is 0 Å². The normalized spacial score (nSPS) is 17.7. The highest BCUT2D eigenvalue weighted by Gasteiger charge is 2.19. The highest BCUT2D eigenvalue weighted by atomic mass is 32.1. The standard InChI is InChI=1S/C15H23N3S/c1-12(13-7-3-2-4-8-13)11-17-15(19)18-14-9-5-6-10-16-14/h5-6,9-10,12-13H,2-4,7-8,11H2,1H3,(H2,16,17,18,19)/t12-/m0/s1. The third kappa shape index (κ3) is 4.78. The molecule has 0 saturated heterocycles. The van der Waals surface area contributed by atoms with E-state index < -0.39 is 0 Å². The Morgan fingerprint density at radius 1 is 1.37 bits per heavy atom. The van der Waals surface area contributed by atoms with Crippen LogP contribution in [0.4, 0.5) is 5.82 Å². The average molecular weight is 277 g/mol. The SMILES string of the molecule is C[C@@H](CNC(=S)Nc1ccccn1)C1CCCCC1. The van der Waals surface area contributed by atoms with Crippen LogP contribution in [-0.2, 0) is 0 Å². The number of nitrogens with zero attached hydrogens (tertiary/aromatic N) is 1. The van der Waals surface area contributed by atoms with E-state index in [1.807, 2.05) is 18.2 Å². The molecule has 0 spiro atoms. The first kappa shape index (κ1) is 14.3. The minimum atomic E-state index is 0.668. The molecule has 1 heterocycles. The molecule has 1 aliphatic carbocycles. The van der Waals surface area contributed by atoms with Crippen LogP contribution in [0, 0.1) is 11.8 Å². The summed E-state index contributed by atoms with van der Waals surface area (Å²) in [6, 6.07) is 5.76. The molecule has 1 aromatic rings. The molecule has 1 fully saturated rings. The Hall–Kier alpha value is -1.16. The van der Waals surface area contributed by atoms with E-state index in [0.29, 0.717) is 11.0 Å². The maximum absolute atomic E-state index is 5.29. The number of hydrogen-bond donors (Lipinski definition) is 2. The molecular weight excluding hydrogens is 254 g/mol. The van der Waals surface area contributed by atoms with Gasteiger partial charge < -0.3 is 10.6 Å². The fourth-order valence-corrected chi connectivity index (χ4v) is 2.91. The number of anilines is 1. The highest BCUT2D eigenvalue weighted by Crippen LogP contribution is 2.29. The Kier molecular flexibility index (Phi) is 5.58. The van der Waals surface area contributed by atoms with Crippen molar-refractivity contribution in [3.8, 4) is 0 Å². The molecule has 2 rings (SSSR count). The Morgan fingerprint density at radius 3 is 2.84 bits per heavy atom. The molecule has 0 aliphatic heterocycles. The molecule has 1 atom stereocenters. The molecule has 0 unspecified atom stereocenters. The minimum absolute atomic E-state index is 0.668. The fraction of sp³-hybridized carbons (Fsp3) is 0.600. The molecule has 2 N–H and O–H groups in total. The number of hydrogen-bond acceptors (Lipinski definition) is 2. The third-order valence-electron chi connectivity index (χ3n) is 3.95. The maximum atomic E-state index is 5.29. The minimum Gasteiger partial charge on any atom is -0.362 e. The van der Waals surface area contributed by atoms with E-state index in [9.17, 15) is 0 Å². The van der Waals surface area contributed by atoms with Gasteiger partial charge in [-0.05, 0) is 36.2 Å². The van der Waals surface area contributed by atoms with Gasteiger partial charge in [-0.1, -0.05) is 45.1 Å². The summed E-state index contributed by atoms with van der Waals surface area (Å²) in [5.41, 5.74) is 0. The molecule has 19 heavy (non-hydrogen) atoms. The van der Waals surface area contributed by atoms with Gasteiger partial charge in [0, 0.05) is 12.7 Å². The second kappa shape index (κ2) is 7.43. The van der Waals surface area contributed by atoms with Crippen LogP contribution in [0.25, 0.3) is 0 Å². The molecule has 0 bridgehead atoms. The summed E-state index contributed by atoms with van der Waals surface area (Å²) < 4.78 is 0. The van der Waals surface area contributed by atoms with Gasteiger partial charge in [0.2, 0.25) is 0 Å². The van der Waals surface area contributed by atoms with Crippen LogP contribution in [0.5, 0.6) is 0 Å². The summed E-state index contributed by atoms with van der Waals surface area (Å²) >= 11 is 5.29. The van der Waals surface area contributed by atoms with E-state index in [0.717, 1.165) is 18.3 Å². The number of rotatable bonds is 4. The number of thiocarbonyl (C=S) groups is 1. The zero-order chi connectivity index (χ0) is 13.5. The van der Waals surface area contributed by atoms with Gasteiger partial charge in [-0.2, -0.15) is 0 Å². The molecule has 0 radical (unpaired) electrons. The van der Waals surface area contributed by atoms with Crippen molar-refractivity contribution in [2.24, 2.45) is 11.8 Å². The van der Waals surface area contributed by atoms with Crippen molar-refractivity contribution in [2.75, 3.05) is 11.9 Å². The monoisotopic (exact) mass is 277 g/mol. The van der Waals surface area contributed by atoms with Gasteiger partial charge in [-0.25, -0.2) is 4.98 Å². The van der Waals surface area contributed by atoms with Crippen LogP contribution < -0.4 is 10.6 Å². The van der Waals surface area contributed by atoms with Crippen molar-refractivity contribution in [1.29, 1.82) is 0 Å². The Balaban J connectivity index is 1.71. The molecule has 3 nitrogen and oxygen atoms in total. The largest absolute Gasteiger partial charge is 0.362 e. The lowest BCUT2D eigenvalue weighted by Gasteiger charge is -2.28. The van der Waals surface area contributed by atoms with E-state index in [1.54, 1.807) is 6.20 Å². The molecule has 1 aromatic heterocycles. The van der Waals surface area contributed by atoms with Crippen molar-refractivity contribution in [3.05, 3.63) is 24.4 Å². The smallest absolute Gasteiger partial charge is 0.171 e. The van der Waals surface area contributed by atoms with Crippen molar-refractivity contribution >= 4 is 23.1 Å². The quantitative estimate of drug-likeness (QED) is 0.825. The third-order valence-corrected chi connectivity index (χ3v) is 4.19. The van der Waals surface area contributed by atoms with Crippen LogP contribution in [0.3, 0.4) is 0 Å². The van der Waals surface area contributed by atoms with Gasteiger partial charge in [0.15, 0.2) is 5.11 Å². The Bertz CT molecular complexity index is 388. The van der Waals surface area contributed by atoms with Gasteiger partial charge in [0.05, 0.1) is 0 Å².